The molecule has 2 fully saturated rings. The van der Waals surface area contributed by atoms with Gasteiger partial charge in [-0.15, -0.1) is 0 Å². The van der Waals surface area contributed by atoms with Crippen LogP contribution >= 0.6 is 0 Å². The molecule has 0 unspecified atom stereocenters. The molecule has 0 aliphatic carbocycles. The number of hydrogen-bond acceptors (Lipinski definition) is 10. The molecule has 1 aromatic carbocycles. The van der Waals surface area contributed by atoms with Crippen molar-refractivity contribution in [1.82, 2.24) is 15.3 Å². The Kier molecular flexibility index (Phi) is 15.1. The summed E-state index contributed by atoms with van der Waals surface area (Å²) in [7, 11) is 0. The molecular weight excluding hydrogens is 639 g/mol. The molecule has 2 saturated heterocycles. The van der Waals surface area contributed by atoms with E-state index in [1.54, 1.807) is 23.1 Å². The predicted octanol–water partition coefficient (Wildman–Crippen LogP) is 4.42. The highest BCUT2D eigenvalue weighted by Gasteiger charge is 2.38. The van der Waals surface area contributed by atoms with Crippen LogP contribution in [-0.2, 0) is 31.7 Å². The number of rotatable bonds is 19. The minimum atomic E-state index is -4.73. The summed E-state index contributed by atoms with van der Waals surface area (Å²) in [5.41, 5.74) is 6.95. The van der Waals surface area contributed by atoms with Gasteiger partial charge in [-0.1, -0.05) is 12.1 Å². The molecule has 2 aliphatic rings. The zero-order valence-electron chi connectivity index (χ0n) is 28.1. The highest BCUT2D eigenvalue weighted by Crippen LogP contribution is 2.34. The highest BCUT2D eigenvalue weighted by molar-refractivity contribution is 5.87. The number of anilines is 2. The third kappa shape index (κ3) is 12.2. The average Bonchev–Trinajstić information content (AvgIpc) is 3.60. The summed E-state index contributed by atoms with van der Waals surface area (Å²) in [6.45, 7) is 4.27. The SMILES string of the molecule is N#Cc1ccc(CCCC(=O)[C@@H]2CCCN2c2cc(N3CCC(CCCC(=O)NCCOCCOCCN)CC3)nc(C(F)(F)F)n2)cc1. The number of ketones is 1. The molecule has 268 valence electrons. The average molecular weight is 688 g/mol. The van der Waals surface area contributed by atoms with Crippen molar-refractivity contribution in [3.63, 3.8) is 0 Å². The van der Waals surface area contributed by atoms with Gasteiger partial charge in [-0.25, -0.2) is 9.97 Å². The number of hydrogen-bond donors (Lipinski definition) is 2. The number of carbonyl (C=O) groups excluding carboxylic acids is 2. The number of carbonyl (C=O) groups is 2. The maximum Gasteiger partial charge on any atom is 0.451 e. The monoisotopic (exact) mass is 687 g/mol. The molecule has 11 nitrogen and oxygen atoms in total. The van der Waals surface area contributed by atoms with E-state index >= 15 is 0 Å². The second-order valence-corrected chi connectivity index (χ2v) is 12.6. The van der Waals surface area contributed by atoms with Crippen molar-refractivity contribution in [2.24, 2.45) is 11.7 Å². The normalized spacial score (nSPS) is 16.9. The summed E-state index contributed by atoms with van der Waals surface area (Å²) in [6.07, 6.45) is 1.70. The van der Waals surface area contributed by atoms with Crippen LogP contribution in [0.4, 0.5) is 24.8 Å². The summed E-state index contributed by atoms with van der Waals surface area (Å²) >= 11 is 0. The van der Waals surface area contributed by atoms with Gasteiger partial charge in [0.1, 0.15) is 11.6 Å². The lowest BCUT2D eigenvalue weighted by atomic mass is 9.91. The van der Waals surface area contributed by atoms with Gasteiger partial charge in [-0.3, -0.25) is 9.59 Å². The molecule has 0 spiro atoms. The number of aromatic nitrogens is 2. The quantitative estimate of drug-likeness (QED) is 0.204. The number of nitriles is 1. The van der Waals surface area contributed by atoms with Crippen molar-refractivity contribution in [3.8, 4) is 6.07 Å². The molecule has 14 heteroatoms. The standard InChI is InChI=1S/C35H48F3N7O4/c36-35(37,38)34-42-31(44-18-13-27(14-19-44)5-2-8-33(47)41-16-21-49-23-22-48-20-15-39)24-32(43-34)45-17-3-6-29(45)30(46)7-1-4-26-9-11-28(25-40)12-10-26/h9-12,24,27,29H,1-8,13-23,39H2,(H,41,47)/t29-/m0/s1. The first-order chi connectivity index (χ1) is 23.7. The van der Waals surface area contributed by atoms with Crippen LogP contribution in [-0.4, -0.2) is 86.9 Å². The van der Waals surface area contributed by atoms with E-state index in [0.29, 0.717) is 109 Å². The van der Waals surface area contributed by atoms with Gasteiger partial charge < -0.3 is 30.3 Å². The molecule has 0 radical (unpaired) electrons. The third-order valence-corrected chi connectivity index (χ3v) is 9.00. The first kappa shape index (κ1) is 38.0. The lowest BCUT2D eigenvalue weighted by Crippen LogP contribution is -2.38. The van der Waals surface area contributed by atoms with E-state index in [9.17, 15) is 22.8 Å². The molecular formula is C35H48F3N7O4. The van der Waals surface area contributed by atoms with Gasteiger partial charge >= 0.3 is 6.18 Å². The number of halogens is 3. The molecule has 2 aliphatic heterocycles. The fourth-order valence-corrected chi connectivity index (χ4v) is 6.37. The van der Waals surface area contributed by atoms with Gasteiger partial charge in [0.25, 0.3) is 0 Å². The Morgan fingerprint density at radius 3 is 2.37 bits per heavy atom. The van der Waals surface area contributed by atoms with E-state index in [1.807, 2.05) is 17.0 Å². The molecule has 3 heterocycles. The van der Waals surface area contributed by atoms with Gasteiger partial charge in [-0.05, 0) is 75.0 Å². The first-order valence-corrected chi connectivity index (χ1v) is 17.3. The van der Waals surface area contributed by atoms with Gasteiger partial charge in [0, 0.05) is 51.6 Å². The number of piperidine rings is 1. The van der Waals surface area contributed by atoms with E-state index in [1.165, 1.54) is 0 Å². The number of benzene rings is 1. The second kappa shape index (κ2) is 19.4. The van der Waals surface area contributed by atoms with E-state index in [4.69, 9.17) is 20.5 Å². The maximum absolute atomic E-state index is 14.0. The van der Waals surface area contributed by atoms with E-state index < -0.39 is 18.0 Å². The topological polar surface area (TPSA) is 147 Å². The smallest absolute Gasteiger partial charge is 0.378 e. The zero-order valence-corrected chi connectivity index (χ0v) is 28.1. The minimum Gasteiger partial charge on any atom is -0.378 e. The second-order valence-electron chi connectivity index (χ2n) is 12.6. The molecule has 49 heavy (non-hydrogen) atoms. The Bertz CT molecular complexity index is 1380. The fourth-order valence-electron chi connectivity index (χ4n) is 6.37. The molecule has 2 aromatic rings. The van der Waals surface area contributed by atoms with E-state index in [2.05, 4.69) is 21.4 Å². The Labute approximate surface area is 286 Å². The van der Waals surface area contributed by atoms with Crippen molar-refractivity contribution in [1.29, 1.82) is 5.26 Å². The van der Waals surface area contributed by atoms with Crippen LogP contribution < -0.4 is 20.9 Å². The maximum atomic E-state index is 14.0. The number of nitrogens with zero attached hydrogens (tertiary/aromatic N) is 5. The van der Waals surface area contributed by atoms with Crippen LogP contribution in [0.1, 0.15) is 74.7 Å². The summed E-state index contributed by atoms with van der Waals surface area (Å²) in [5, 5.41) is 11.8. The van der Waals surface area contributed by atoms with Crippen molar-refractivity contribution in [3.05, 3.63) is 47.3 Å². The van der Waals surface area contributed by atoms with Crippen LogP contribution in [0.3, 0.4) is 0 Å². The van der Waals surface area contributed by atoms with Crippen molar-refractivity contribution in [2.45, 2.75) is 76.4 Å². The number of nitrogens with one attached hydrogen (secondary N) is 1. The Balaban J connectivity index is 1.25. The van der Waals surface area contributed by atoms with Crippen LogP contribution in [0, 0.1) is 17.2 Å². The van der Waals surface area contributed by atoms with Crippen LogP contribution in [0.15, 0.2) is 30.3 Å². The van der Waals surface area contributed by atoms with E-state index in [-0.39, 0.29) is 23.3 Å². The molecule has 1 amide bonds. The Hall–Kier alpha value is -3.80. The molecule has 4 rings (SSSR count). The van der Waals surface area contributed by atoms with E-state index in [0.717, 1.165) is 31.2 Å². The number of alkyl halides is 3. The molecule has 1 aromatic heterocycles. The number of ether oxygens (including phenoxy) is 2. The summed E-state index contributed by atoms with van der Waals surface area (Å²) < 4.78 is 52.6. The molecule has 0 saturated carbocycles. The third-order valence-electron chi connectivity index (χ3n) is 9.00. The Morgan fingerprint density at radius 1 is 0.959 bits per heavy atom. The van der Waals surface area contributed by atoms with Crippen molar-refractivity contribution < 1.29 is 32.2 Å². The number of aryl methyl sites for hydroxylation is 1. The number of nitrogens with two attached hydrogens (primary N) is 1. The van der Waals surface area contributed by atoms with Gasteiger partial charge in [0.05, 0.1) is 44.1 Å². The van der Waals surface area contributed by atoms with Gasteiger partial charge in [0.15, 0.2) is 5.78 Å². The minimum absolute atomic E-state index is 0.00754. The highest BCUT2D eigenvalue weighted by atomic mass is 19.4. The Morgan fingerprint density at radius 2 is 1.67 bits per heavy atom. The predicted molar refractivity (Wildman–Crippen MR) is 179 cm³/mol. The van der Waals surface area contributed by atoms with Crippen molar-refractivity contribution in [2.75, 3.05) is 69.0 Å². The lowest BCUT2D eigenvalue weighted by molar-refractivity contribution is -0.144. The molecule has 1 atom stereocenters. The molecule has 0 bridgehead atoms. The summed E-state index contributed by atoms with van der Waals surface area (Å²) in [6, 6.07) is 10.4. The first-order valence-electron chi connectivity index (χ1n) is 17.3. The largest absolute Gasteiger partial charge is 0.451 e. The van der Waals surface area contributed by atoms with Gasteiger partial charge in [-0.2, -0.15) is 18.4 Å². The van der Waals surface area contributed by atoms with Crippen LogP contribution in [0.25, 0.3) is 0 Å². The zero-order chi connectivity index (χ0) is 35.1. The summed E-state index contributed by atoms with van der Waals surface area (Å²) in [5.74, 6) is -0.502. The lowest BCUT2D eigenvalue weighted by Gasteiger charge is -2.34. The van der Waals surface area contributed by atoms with Crippen molar-refractivity contribution >= 4 is 23.3 Å². The van der Waals surface area contributed by atoms with Crippen LogP contribution in [0.2, 0.25) is 0 Å². The molecule has 3 N–H and O–H groups in total. The van der Waals surface area contributed by atoms with Gasteiger partial charge in [0.2, 0.25) is 11.7 Å². The number of amides is 1. The summed E-state index contributed by atoms with van der Waals surface area (Å²) in [4.78, 5) is 36.9. The number of Topliss-reactive ketones (excluding diaryl/α,β-unsaturated/α-hetero) is 1. The fraction of sp³-hybridized carbons (Fsp3) is 0.629. The van der Waals surface area contributed by atoms with Crippen LogP contribution in [0.5, 0.6) is 0 Å².